The molecule has 2 nitrogen and oxygen atoms in total. The van der Waals surface area contributed by atoms with Crippen LogP contribution < -0.4 is 5.32 Å². The topological polar surface area (TPSA) is 24.9 Å². The maximum absolute atomic E-state index is 4.31. The van der Waals surface area contributed by atoms with E-state index in [0.717, 1.165) is 13.0 Å². The number of pyridine rings is 1. The van der Waals surface area contributed by atoms with Gasteiger partial charge in [0.15, 0.2) is 0 Å². The van der Waals surface area contributed by atoms with Crippen molar-refractivity contribution in [2.75, 3.05) is 6.54 Å². The van der Waals surface area contributed by atoms with Crippen LogP contribution in [0.3, 0.4) is 0 Å². The van der Waals surface area contributed by atoms with Crippen LogP contribution in [0.15, 0.2) is 42.7 Å². The molecule has 0 aliphatic heterocycles. The van der Waals surface area contributed by atoms with Gasteiger partial charge in [0.1, 0.15) is 0 Å². The molecule has 1 aromatic carbocycles. The van der Waals surface area contributed by atoms with E-state index < -0.39 is 0 Å². The average molecular weight is 254 g/mol. The molecule has 0 aliphatic rings. The second kappa shape index (κ2) is 6.48. The van der Waals surface area contributed by atoms with Crippen molar-refractivity contribution < 1.29 is 0 Å². The number of aryl methyl sites for hydroxylation is 2. The van der Waals surface area contributed by atoms with Gasteiger partial charge in [0, 0.05) is 18.4 Å². The Morgan fingerprint density at radius 2 is 1.95 bits per heavy atom. The predicted octanol–water partition coefficient (Wildman–Crippen LogP) is 3.59. The molecule has 2 heteroatoms. The van der Waals surface area contributed by atoms with Crippen molar-refractivity contribution in [2.24, 2.45) is 0 Å². The first-order chi connectivity index (χ1) is 9.19. The Morgan fingerprint density at radius 3 is 2.63 bits per heavy atom. The molecule has 0 bridgehead atoms. The van der Waals surface area contributed by atoms with Gasteiger partial charge in [-0.15, -0.1) is 0 Å². The van der Waals surface area contributed by atoms with Crippen LogP contribution >= 0.6 is 0 Å². The highest BCUT2D eigenvalue weighted by Crippen LogP contribution is 2.19. The highest BCUT2D eigenvalue weighted by Gasteiger charge is 2.11. The van der Waals surface area contributed by atoms with E-state index >= 15 is 0 Å². The summed E-state index contributed by atoms with van der Waals surface area (Å²) in [5.41, 5.74) is 5.16. The number of nitrogens with one attached hydrogen (secondary N) is 1. The van der Waals surface area contributed by atoms with Crippen molar-refractivity contribution in [3.05, 3.63) is 65.0 Å². The summed E-state index contributed by atoms with van der Waals surface area (Å²) >= 11 is 0. The molecule has 100 valence electrons. The molecule has 19 heavy (non-hydrogen) atoms. The molecular formula is C17H22N2. The summed E-state index contributed by atoms with van der Waals surface area (Å²) < 4.78 is 0. The molecule has 0 saturated heterocycles. The van der Waals surface area contributed by atoms with Crippen LogP contribution in [0.5, 0.6) is 0 Å². The van der Waals surface area contributed by atoms with Crippen LogP contribution in [0, 0.1) is 13.8 Å². The molecule has 0 radical (unpaired) electrons. The minimum atomic E-state index is 0.333. The fraction of sp³-hybridized carbons (Fsp3) is 0.353. The Bertz CT molecular complexity index is 534. The molecule has 1 N–H and O–H groups in total. The van der Waals surface area contributed by atoms with E-state index in [2.05, 4.69) is 61.4 Å². The number of rotatable bonds is 5. The predicted molar refractivity (Wildman–Crippen MR) is 80.3 cm³/mol. The van der Waals surface area contributed by atoms with Crippen LogP contribution in [0.4, 0.5) is 0 Å². The van der Waals surface area contributed by atoms with Crippen LogP contribution in [-0.4, -0.2) is 11.5 Å². The summed E-state index contributed by atoms with van der Waals surface area (Å²) in [6.45, 7) is 7.34. The van der Waals surface area contributed by atoms with E-state index in [1.54, 1.807) is 0 Å². The fourth-order valence-corrected chi connectivity index (χ4v) is 2.40. The molecule has 0 aliphatic carbocycles. The van der Waals surface area contributed by atoms with Crippen molar-refractivity contribution in [3.63, 3.8) is 0 Å². The van der Waals surface area contributed by atoms with Gasteiger partial charge in [0.05, 0.1) is 0 Å². The van der Waals surface area contributed by atoms with E-state index in [1.807, 2.05) is 12.4 Å². The summed E-state index contributed by atoms with van der Waals surface area (Å²) in [6, 6.07) is 11.3. The summed E-state index contributed by atoms with van der Waals surface area (Å²) in [5.74, 6) is 0. The fourth-order valence-electron chi connectivity index (χ4n) is 2.40. The molecule has 1 atom stereocenters. The summed E-state index contributed by atoms with van der Waals surface area (Å²) in [6.07, 6.45) is 4.87. The standard InChI is InChI=1S/C17H22N2/c1-4-19-17(16-9-14(3)11-18-12-16)10-15-7-5-6-13(2)8-15/h5-9,11-12,17,19H,4,10H2,1-3H3. The van der Waals surface area contributed by atoms with Crippen molar-refractivity contribution in [3.8, 4) is 0 Å². The maximum Gasteiger partial charge on any atom is 0.0376 e. The van der Waals surface area contributed by atoms with Gasteiger partial charge in [-0.2, -0.15) is 0 Å². The monoisotopic (exact) mass is 254 g/mol. The highest BCUT2D eigenvalue weighted by atomic mass is 14.9. The lowest BCUT2D eigenvalue weighted by Crippen LogP contribution is -2.23. The largest absolute Gasteiger partial charge is 0.310 e. The number of hydrogen-bond acceptors (Lipinski definition) is 2. The third-order valence-corrected chi connectivity index (χ3v) is 3.27. The van der Waals surface area contributed by atoms with Gasteiger partial charge in [0.2, 0.25) is 0 Å². The molecular weight excluding hydrogens is 232 g/mol. The molecule has 1 aromatic heterocycles. The second-order valence-corrected chi connectivity index (χ2v) is 5.10. The molecule has 1 heterocycles. The second-order valence-electron chi connectivity index (χ2n) is 5.10. The first-order valence-electron chi connectivity index (χ1n) is 6.89. The van der Waals surface area contributed by atoms with Crippen LogP contribution in [-0.2, 0) is 6.42 Å². The molecule has 2 rings (SSSR count). The van der Waals surface area contributed by atoms with Gasteiger partial charge in [-0.1, -0.05) is 42.8 Å². The van der Waals surface area contributed by atoms with Crippen molar-refractivity contribution >= 4 is 0 Å². The first-order valence-corrected chi connectivity index (χ1v) is 6.89. The van der Waals surface area contributed by atoms with E-state index in [9.17, 15) is 0 Å². The molecule has 1 unspecified atom stereocenters. The van der Waals surface area contributed by atoms with E-state index in [4.69, 9.17) is 0 Å². The van der Waals surface area contributed by atoms with Gasteiger partial charge >= 0.3 is 0 Å². The molecule has 2 aromatic rings. The Hall–Kier alpha value is -1.67. The summed E-state index contributed by atoms with van der Waals surface area (Å²) in [5, 5.41) is 3.55. The van der Waals surface area contributed by atoms with Gasteiger partial charge < -0.3 is 5.32 Å². The third kappa shape index (κ3) is 3.90. The lowest BCUT2D eigenvalue weighted by Gasteiger charge is -2.19. The SMILES string of the molecule is CCNC(Cc1cccc(C)c1)c1cncc(C)c1. The maximum atomic E-state index is 4.31. The number of nitrogens with zero attached hydrogens (tertiary/aromatic N) is 1. The highest BCUT2D eigenvalue weighted by molar-refractivity contribution is 5.27. The number of likely N-dealkylation sites (N-methyl/N-ethyl adjacent to an activating group) is 1. The normalized spacial score (nSPS) is 12.4. The van der Waals surface area contributed by atoms with E-state index in [1.165, 1.54) is 22.3 Å². The smallest absolute Gasteiger partial charge is 0.0376 e. The van der Waals surface area contributed by atoms with Crippen molar-refractivity contribution in [1.82, 2.24) is 10.3 Å². The minimum Gasteiger partial charge on any atom is -0.310 e. The zero-order chi connectivity index (χ0) is 13.7. The zero-order valence-corrected chi connectivity index (χ0v) is 12.0. The van der Waals surface area contributed by atoms with Gasteiger partial charge in [-0.25, -0.2) is 0 Å². The quantitative estimate of drug-likeness (QED) is 0.882. The lowest BCUT2D eigenvalue weighted by atomic mass is 9.98. The molecule has 0 saturated carbocycles. The number of benzene rings is 1. The van der Waals surface area contributed by atoms with Gasteiger partial charge in [0.25, 0.3) is 0 Å². The van der Waals surface area contributed by atoms with Gasteiger partial charge in [-0.3, -0.25) is 4.98 Å². The molecule has 0 fully saturated rings. The number of aromatic nitrogens is 1. The van der Waals surface area contributed by atoms with Crippen LogP contribution in [0.1, 0.15) is 35.2 Å². The van der Waals surface area contributed by atoms with E-state index in [-0.39, 0.29) is 0 Å². The minimum absolute atomic E-state index is 0.333. The molecule has 0 amide bonds. The summed E-state index contributed by atoms with van der Waals surface area (Å²) in [4.78, 5) is 4.31. The van der Waals surface area contributed by atoms with Crippen molar-refractivity contribution in [1.29, 1.82) is 0 Å². The molecule has 0 spiro atoms. The van der Waals surface area contributed by atoms with Crippen molar-refractivity contribution in [2.45, 2.75) is 33.2 Å². The van der Waals surface area contributed by atoms with Crippen LogP contribution in [0.25, 0.3) is 0 Å². The van der Waals surface area contributed by atoms with Crippen LogP contribution in [0.2, 0.25) is 0 Å². The van der Waals surface area contributed by atoms with E-state index in [0.29, 0.717) is 6.04 Å². The summed E-state index contributed by atoms with van der Waals surface area (Å²) in [7, 11) is 0. The average Bonchev–Trinajstić information content (AvgIpc) is 2.38. The Balaban J connectivity index is 2.21. The third-order valence-electron chi connectivity index (χ3n) is 3.27. The zero-order valence-electron chi connectivity index (χ0n) is 12.0. The number of hydrogen-bond donors (Lipinski definition) is 1. The lowest BCUT2D eigenvalue weighted by molar-refractivity contribution is 0.548. The Labute approximate surface area is 115 Å². The Morgan fingerprint density at radius 1 is 1.11 bits per heavy atom. The Kier molecular flexibility index (Phi) is 4.69. The first kappa shape index (κ1) is 13.8. The van der Waals surface area contributed by atoms with Gasteiger partial charge in [-0.05, 0) is 43.5 Å².